The fourth-order valence-corrected chi connectivity index (χ4v) is 2.19. The number of hydrogen-bond donors (Lipinski definition) is 2. The summed E-state index contributed by atoms with van der Waals surface area (Å²) in [5.74, 6) is 1.95. The lowest BCUT2D eigenvalue weighted by Gasteiger charge is -2.26. The van der Waals surface area contributed by atoms with Crippen LogP contribution in [0.5, 0.6) is 5.75 Å². The maximum Gasteiger partial charge on any atom is 0.204 e. The maximum atomic E-state index is 5.58. The molecule has 2 N–H and O–H groups in total. The normalized spacial score (nSPS) is 21.8. The Kier molecular flexibility index (Phi) is 4.97. The van der Waals surface area contributed by atoms with Crippen LogP contribution >= 0.6 is 0 Å². The van der Waals surface area contributed by atoms with E-state index in [1.165, 1.54) is 6.33 Å². The number of methoxy groups -OCH3 is 2. The maximum absolute atomic E-state index is 5.58. The van der Waals surface area contributed by atoms with Crippen molar-refractivity contribution in [1.29, 1.82) is 0 Å². The van der Waals surface area contributed by atoms with E-state index in [-0.39, 0.29) is 5.60 Å². The third-order valence-corrected chi connectivity index (χ3v) is 3.43. The summed E-state index contributed by atoms with van der Waals surface area (Å²) in [6, 6.07) is 0. The van der Waals surface area contributed by atoms with Gasteiger partial charge < -0.3 is 24.8 Å². The minimum atomic E-state index is -0.297. The van der Waals surface area contributed by atoms with Gasteiger partial charge in [0.05, 0.1) is 13.7 Å². The van der Waals surface area contributed by atoms with Crippen molar-refractivity contribution in [3.63, 3.8) is 0 Å². The molecule has 1 atom stereocenters. The average Bonchev–Trinajstić information content (AvgIpc) is 2.95. The van der Waals surface area contributed by atoms with Crippen LogP contribution in [0.2, 0.25) is 0 Å². The molecule has 1 fully saturated rings. The van der Waals surface area contributed by atoms with Gasteiger partial charge in [-0.05, 0) is 6.92 Å². The molecule has 0 aliphatic carbocycles. The number of nitrogens with one attached hydrogen (secondary N) is 2. The van der Waals surface area contributed by atoms with Crippen LogP contribution in [0.1, 0.15) is 13.3 Å². The molecule has 1 saturated heterocycles. The van der Waals surface area contributed by atoms with Crippen LogP contribution in [0.4, 0.5) is 11.6 Å². The lowest BCUT2D eigenvalue weighted by Crippen LogP contribution is -2.39. The molecule has 0 radical (unpaired) electrons. The first-order chi connectivity index (χ1) is 9.74. The summed E-state index contributed by atoms with van der Waals surface area (Å²) in [6.07, 6.45) is 2.37. The Morgan fingerprint density at radius 3 is 2.60 bits per heavy atom. The number of rotatable bonds is 7. The Bertz CT molecular complexity index is 436. The molecule has 1 unspecified atom stereocenters. The number of aromatic nitrogens is 2. The van der Waals surface area contributed by atoms with Crippen molar-refractivity contribution in [2.24, 2.45) is 0 Å². The minimum absolute atomic E-state index is 0.297. The van der Waals surface area contributed by atoms with E-state index in [1.54, 1.807) is 14.2 Å². The van der Waals surface area contributed by atoms with Crippen LogP contribution in [-0.2, 0) is 9.47 Å². The summed E-state index contributed by atoms with van der Waals surface area (Å²) in [5, 5.41) is 6.42. The van der Waals surface area contributed by atoms with Crippen LogP contribution in [-0.4, -0.2) is 56.1 Å². The molecule has 2 rings (SSSR count). The zero-order chi connectivity index (χ0) is 14.4. The predicted molar refractivity (Wildman–Crippen MR) is 76.4 cm³/mol. The zero-order valence-electron chi connectivity index (χ0n) is 12.2. The van der Waals surface area contributed by atoms with Crippen molar-refractivity contribution in [3.05, 3.63) is 6.33 Å². The van der Waals surface area contributed by atoms with E-state index in [1.807, 2.05) is 6.92 Å². The van der Waals surface area contributed by atoms with Gasteiger partial charge in [0.25, 0.3) is 0 Å². The summed E-state index contributed by atoms with van der Waals surface area (Å²) in [5.41, 5.74) is -0.297. The Balaban J connectivity index is 2.10. The average molecular weight is 282 g/mol. The summed E-state index contributed by atoms with van der Waals surface area (Å²) in [7, 11) is 3.31. The van der Waals surface area contributed by atoms with E-state index in [4.69, 9.17) is 14.2 Å². The van der Waals surface area contributed by atoms with E-state index in [0.717, 1.165) is 19.6 Å². The standard InChI is InChI=1S/C13H22N4O3/c1-4-14-11-10(18-2)12(17-9-16-11)15-7-13(19-3)5-6-20-8-13/h9H,4-8H2,1-3H3,(H2,14,15,16,17). The molecular weight excluding hydrogens is 260 g/mol. The van der Waals surface area contributed by atoms with E-state index in [9.17, 15) is 0 Å². The van der Waals surface area contributed by atoms with Gasteiger partial charge in [-0.25, -0.2) is 9.97 Å². The third-order valence-electron chi connectivity index (χ3n) is 3.43. The molecule has 7 heteroatoms. The quantitative estimate of drug-likeness (QED) is 0.776. The fraction of sp³-hybridized carbons (Fsp3) is 0.692. The molecule has 2 heterocycles. The molecular formula is C13H22N4O3. The van der Waals surface area contributed by atoms with E-state index < -0.39 is 0 Å². The predicted octanol–water partition coefficient (Wildman–Crippen LogP) is 1.13. The van der Waals surface area contributed by atoms with Gasteiger partial charge in [-0.1, -0.05) is 0 Å². The molecule has 112 valence electrons. The van der Waals surface area contributed by atoms with Crippen molar-refractivity contribution >= 4 is 11.6 Å². The first-order valence-corrected chi connectivity index (χ1v) is 6.74. The largest absolute Gasteiger partial charge is 0.490 e. The zero-order valence-corrected chi connectivity index (χ0v) is 12.2. The second kappa shape index (κ2) is 6.71. The molecule has 1 aromatic rings. The molecule has 0 amide bonds. The van der Waals surface area contributed by atoms with Crippen LogP contribution in [0.25, 0.3) is 0 Å². The molecule has 0 bridgehead atoms. The number of ether oxygens (including phenoxy) is 3. The molecule has 0 spiro atoms. The van der Waals surface area contributed by atoms with Crippen molar-refractivity contribution in [1.82, 2.24) is 9.97 Å². The molecule has 1 aromatic heterocycles. The Hall–Kier alpha value is -1.60. The topological polar surface area (TPSA) is 77.5 Å². The van der Waals surface area contributed by atoms with Gasteiger partial charge in [0.1, 0.15) is 11.9 Å². The van der Waals surface area contributed by atoms with Gasteiger partial charge >= 0.3 is 0 Å². The van der Waals surface area contributed by atoms with Crippen LogP contribution in [0.15, 0.2) is 6.33 Å². The van der Waals surface area contributed by atoms with Gasteiger partial charge in [0, 0.05) is 33.2 Å². The van der Waals surface area contributed by atoms with E-state index in [2.05, 4.69) is 20.6 Å². The molecule has 20 heavy (non-hydrogen) atoms. The van der Waals surface area contributed by atoms with Crippen LogP contribution in [0.3, 0.4) is 0 Å². The molecule has 0 saturated carbocycles. The highest BCUT2D eigenvalue weighted by molar-refractivity contribution is 5.63. The van der Waals surface area contributed by atoms with E-state index in [0.29, 0.717) is 30.5 Å². The van der Waals surface area contributed by atoms with Gasteiger partial charge in [-0.15, -0.1) is 0 Å². The number of anilines is 2. The van der Waals surface area contributed by atoms with Crippen LogP contribution < -0.4 is 15.4 Å². The molecule has 0 aromatic carbocycles. The minimum Gasteiger partial charge on any atom is -0.490 e. The van der Waals surface area contributed by atoms with Crippen molar-refractivity contribution < 1.29 is 14.2 Å². The van der Waals surface area contributed by atoms with Crippen molar-refractivity contribution in [2.75, 3.05) is 51.2 Å². The molecule has 7 nitrogen and oxygen atoms in total. The Morgan fingerprint density at radius 1 is 1.30 bits per heavy atom. The fourth-order valence-electron chi connectivity index (χ4n) is 2.19. The van der Waals surface area contributed by atoms with Gasteiger partial charge in [0.2, 0.25) is 5.75 Å². The van der Waals surface area contributed by atoms with Crippen LogP contribution in [0, 0.1) is 0 Å². The second-order valence-electron chi connectivity index (χ2n) is 4.68. The van der Waals surface area contributed by atoms with E-state index >= 15 is 0 Å². The summed E-state index contributed by atoms with van der Waals surface area (Å²) in [4.78, 5) is 8.41. The second-order valence-corrected chi connectivity index (χ2v) is 4.68. The SMILES string of the molecule is CCNc1ncnc(NCC2(OC)CCOC2)c1OC. The molecule has 1 aliphatic heterocycles. The lowest BCUT2D eigenvalue weighted by atomic mass is 10.0. The first kappa shape index (κ1) is 14.8. The third kappa shape index (κ3) is 3.10. The lowest BCUT2D eigenvalue weighted by molar-refractivity contribution is -0.00628. The molecule has 1 aliphatic rings. The van der Waals surface area contributed by atoms with Gasteiger partial charge in [0.15, 0.2) is 11.6 Å². The highest BCUT2D eigenvalue weighted by atomic mass is 16.5. The van der Waals surface area contributed by atoms with Crippen molar-refractivity contribution in [2.45, 2.75) is 18.9 Å². The monoisotopic (exact) mass is 282 g/mol. The Labute approximate surface area is 119 Å². The first-order valence-electron chi connectivity index (χ1n) is 6.74. The number of nitrogens with zero attached hydrogens (tertiary/aromatic N) is 2. The van der Waals surface area contributed by atoms with Crippen molar-refractivity contribution in [3.8, 4) is 5.75 Å². The number of hydrogen-bond acceptors (Lipinski definition) is 7. The summed E-state index contributed by atoms with van der Waals surface area (Å²) >= 11 is 0. The van der Waals surface area contributed by atoms with Gasteiger partial charge in [-0.3, -0.25) is 0 Å². The summed E-state index contributed by atoms with van der Waals surface area (Å²) < 4.78 is 16.4. The van der Waals surface area contributed by atoms with Gasteiger partial charge in [-0.2, -0.15) is 0 Å². The highest BCUT2D eigenvalue weighted by Crippen LogP contribution is 2.30. The smallest absolute Gasteiger partial charge is 0.204 e. The summed E-state index contributed by atoms with van der Waals surface area (Å²) in [6.45, 7) is 4.69. The Morgan fingerprint density at radius 2 is 2.05 bits per heavy atom. The highest BCUT2D eigenvalue weighted by Gasteiger charge is 2.35.